The lowest BCUT2D eigenvalue weighted by molar-refractivity contribution is 0.406. The van der Waals surface area contributed by atoms with Crippen LogP contribution < -0.4 is 0 Å². The van der Waals surface area contributed by atoms with Gasteiger partial charge in [0.05, 0.1) is 12.5 Å². The van der Waals surface area contributed by atoms with E-state index in [0.717, 1.165) is 0 Å². The minimum Gasteiger partial charge on any atom is -0.474 e. The Morgan fingerprint density at radius 3 is 1.50 bits per heavy atom. The summed E-state index contributed by atoms with van der Waals surface area (Å²) >= 11 is 0. The van der Waals surface area contributed by atoms with Crippen LogP contribution in [0.4, 0.5) is 0 Å². The summed E-state index contributed by atoms with van der Waals surface area (Å²) in [7, 11) is 0. The van der Waals surface area contributed by atoms with E-state index in [1.807, 2.05) is 0 Å². The average Bonchev–Trinajstić information content (AvgIpc) is 1.71. The molecular formula is C7H14O. The molecule has 0 aromatic carbocycles. The molecule has 0 saturated carbocycles. The molecule has 0 bridgehead atoms. The van der Waals surface area contributed by atoms with Crippen LogP contribution in [0, 0.1) is 0 Å². The third-order valence-corrected chi connectivity index (χ3v) is 0.192. The van der Waals surface area contributed by atoms with Gasteiger partial charge in [0.1, 0.15) is 0 Å². The van der Waals surface area contributed by atoms with Crippen molar-refractivity contribution < 1.29 is 4.74 Å². The van der Waals surface area contributed by atoms with Gasteiger partial charge in [0, 0.05) is 0 Å². The molecule has 0 unspecified atom stereocenters. The second-order valence-electron chi connectivity index (χ2n) is 1.18. The normalized spacial score (nSPS) is 5.75. The Balaban J connectivity index is 0. The van der Waals surface area contributed by atoms with E-state index >= 15 is 0 Å². The zero-order valence-corrected chi connectivity index (χ0v) is 5.68. The largest absolute Gasteiger partial charge is 0.474 e. The Labute approximate surface area is 51.7 Å². The average molecular weight is 114 g/mol. The Morgan fingerprint density at radius 2 is 1.50 bits per heavy atom. The molecule has 0 fully saturated rings. The lowest BCUT2D eigenvalue weighted by atomic mass is 10.6. The molecule has 8 heavy (non-hydrogen) atoms. The zero-order valence-electron chi connectivity index (χ0n) is 5.68. The van der Waals surface area contributed by atoms with Crippen molar-refractivity contribution in [1.82, 2.24) is 0 Å². The number of ether oxygens (including phenoxy) is 1. The van der Waals surface area contributed by atoms with Gasteiger partial charge in [-0.25, -0.2) is 0 Å². The summed E-state index contributed by atoms with van der Waals surface area (Å²) < 4.78 is 4.36. The van der Waals surface area contributed by atoms with E-state index in [2.05, 4.69) is 31.7 Å². The SMILES string of the molecule is C=COC=C.CCC. The second-order valence-corrected chi connectivity index (χ2v) is 1.18. The van der Waals surface area contributed by atoms with Crippen LogP contribution >= 0.6 is 0 Å². The number of hydrogen-bond acceptors (Lipinski definition) is 1. The summed E-state index contributed by atoms with van der Waals surface area (Å²) in [5.74, 6) is 0. The minimum absolute atomic E-state index is 1.25. The molecule has 0 aliphatic heterocycles. The van der Waals surface area contributed by atoms with Crippen LogP contribution in [0.2, 0.25) is 0 Å². The molecule has 48 valence electrons. The second kappa shape index (κ2) is 16.3. The summed E-state index contributed by atoms with van der Waals surface area (Å²) in [6.45, 7) is 10.8. The number of rotatable bonds is 2. The van der Waals surface area contributed by atoms with E-state index in [0.29, 0.717) is 0 Å². The highest BCUT2D eigenvalue weighted by molar-refractivity contribution is 4.57. The molecule has 0 atom stereocenters. The maximum Gasteiger partial charge on any atom is 0.0829 e. The molecule has 0 aromatic heterocycles. The number of hydrogen-bond donors (Lipinski definition) is 0. The summed E-state index contributed by atoms with van der Waals surface area (Å²) in [5, 5.41) is 0. The molecule has 0 radical (unpaired) electrons. The highest BCUT2D eigenvalue weighted by atomic mass is 16.5. The van der Waals surface area contributed by atoms with E-state index in [9.17, 15) is 0 Å². The fraction of sp³-hybridized carbons (Fsp3) is 0.429. The molecule has 0 heterocycles. The standard InChI is InChI=1S/C4H6O.C3H8/c1-3-5-4-2;1-3-2/h3-4H,1-2H2;3H2,1-2H3. The fourth-order valence-electron chi connectivity index (χ4n) is 0.0680. The van der Waals surface area contributed by atoms with Crippen molar-refractivity contribution in [2.45, 2.75) is 20.3 Å². The predicted octanol–water partition coefficient (Wildman–Crippen LogP) is 2.71. The van der Waals surface area contributed by atoms with Crippen LogP contribution in [-0.2, 0) is 4.74 Å². The lowest BCUT2D eigenvalue weighted by Gasteiger charge is -1.76. The third-order valence-electron chi connectivity index (χ3n) is 0.192. The topological polar surface area (TPSA) is 9.23 Å². The molecule has 0 amide bonds. The monoisotopic (exact) mass is 114 g/mol. The van der Waals surface area contributed by atoms with Gasteiger partial charge in [-0.1, -0.05) is 33.4 Å². The van der Waals surface area contributed by atoms with Crippen LogP contribution in [0.25, 0.3) is 0 Å². The first-order chi connectivity index (χ1) is 3.83. The molecule has 1 heteroatoms. The lowest BCUT2D eigenvalue weighted by Crippen LogP contribution is -1.52. The van der Waals surface area contributed by atoms with Crippen molar-refractivity contribution in [1.29, 1.82) is 0 Å². The Hall–Kier alpha value is -0.720. The van der Waals surface area contributed by atoms with Crippen LogP contribution in [0.3, 0.4) is 0 Å². The van der Waals surface area contributed by atoms with Gasteiger partial charge in [-0.05, 0) is 0 Å². The van der Waals surface area contributed by atoms with E-state index in [-0.39, 0.29) is 0 Å². The van der Waals surface area contributed by atoms with Crippen LogP contribution in [0.1, 0.15) is 20.3 Å². The van der Waals surface area contributed by atoms with Crippen molar-refractivity contribution in [3.8, 4) is 0 Å². The van der Waals surface area contributed by atoms with Gasteiger partial charge in [-0.15, -0.1) is 0 Å². The molecule has 0 aliphatic rings. The first kappa shape index (κ1) is 10.3. The third kappa shape index (κ3) is 59.0. The molecule has 0 saturated heterocycles. The van der Waals surface area contributed by atoms with Crippen molar-refractivity contribution in [3.63, 3.8) is 0 Å². The van der Waals surface area contributed by atoms with Crippen molar-refractivity contribution in [3.05, 3.63) is 25.7 Å². The van der Waals surface area contributed by atoms with Crippen molar-refractivity contribution >= 4 is 0 Å². The quantitative estimate of drug-likeness (QED) is 0.501. The van der Waals surface area contributed by atoms with Crippen LogP contribution in [0.15, 0.2) is 25.7 Å². The maximum absolute atomic E-state index is 4.36. The molecule has 0 N–H and O–H groups in total. The Kier molecular flexibility index (Phi) is 20.9. The van der Waals surface area contributed by atoms with Crippen LogP contribution in [0.5, 0.6) is 0 Å². The van der Waals surface area contributed by atoms with Gasteiger partial charge in [0.2, 0.25) is 0 Å². The Bertz CT molecular complexity index is 42.3. The molecule has 0 spiro atoms. The zero-order chi connectivity index (χ0) is 6.83. The summed E-state index contributed by atoms with van der Waals surface area (Å²) in [4.78, 5) is 0. The Morgan fingerprint density at radius 1 is 1.25 bits per heavy atom. The van der Waals surface area contributed by atoms with Gasteiger partial charge in [0.25, 0.3) is 0 Å². The van der Waals surface area contributed by atoms with E-state index in [4.69, 9.17) is 0 Å². The van der Waals surface area contributed by atoms with Crippen molar-refractivity contribution in [2.75, 3.05) is 0 Å². The van der Waals surface area contributed by atoms with Crippen molar-refractivity contribution in [2.24, 2.45) is 0 Å². The summed E-state index contributed by atoms with van der Waals surface area (Å²) in [5.41, 5.74) is 0. The smallest absolute Gasteiger partial charge is 0.0829 e. The molecule has 0 aliphatic carbocycles. The predicted molar refractivity (Wildman–Crippen MR) is 37.4 cm³/mol. The first-order valence-corrected chi connectivity index (χ1v) is 2.70. The van der Waals surface area contributed by atoms with E-state index in [1.165, 1.54) is 18.9 Å². The van der Waals surface area contributed by atoms with Gasteiger partial charge >= 0.3 is 0 Å². The van der Waals surface area contributed by atoms with Crippen LogP contribution in [-0.4, -0.2) is 0 Å². The fourth-order valence-corrected chi connectivity index (χ4v) is 0.0680. The first-order valence-electron chi connectivity index (χ1n) is 2.70. The van der Waals surface area contributed by atoms with Gasteiger partial charge in [-0.3, -0.25) is 0 Å². The molecule has 0 aromatic rings. The highest BCUT2D eigenvalue weighted by Gasteiger charge is 1.45. The maximum atomic E-state index is 4.36. The molecule has 0 rings (SSSR count). The molecule has 1 nitrogen and oxygen atoms in total. The van der Waals surface area contributed by atoms with Gasteiger partial charge < -0.3 is 4.74 Å². The van der Waals surface area contributed by atoms with Gasteiger partial charge in [0.15, 0.2) is 0 Å². The molecular weight excluding hydrogens is 100 g/mol. The summed E-state index contributed by atoms with van der Waals surface area (Å²) in [6, 6.07) is 0. The van der Waals surface area contributed by atoms with Gasteiger partial charge in [-0.2, -0.15) is 0 Å². The summed E-state index contributed by atoms with van der Waals surface area (Å²) in [6.07, 6.45) is 3.88. The highest BCUT2D eigenvalue weighted by Crippen LogP contribution is 1.65. The van der Waals surface area contributed by atoms with E-state index < -0.39 is 0 Å². The minimum atomic E-state index is 1.25. The van der Waals surface area contributed by atoms with E-state index in [1.54, 1.807) is 0 Å².